The Balaban J connectivity index is 1.90. The van der Waals surface area contributed by atoms with Gasteiger partial charge in [-0.3, -0.25) is 4.68 Å². The lowest BCUT2D eigenvalue weighted by molar-refractivity contribution is 0.101. The lowest BCUT2D eigenvalue weighted by Crippen LogP contribution is -2.28. The Morgan fingerprint density at radius 3 is 2.73 bits per heavy atom. The van der Waals surface area contributed by atoms with E-state index in [1.54, 1.807) is 10.9 Å². The van der Waals surface area contributed by atoms with Crippen molar-refractivity contribution in [3.05, 3.63) is 12.4 Å². The largest absolute Gasteiger partial charge is 0.487 e. The molecule has 0 bridgehead atoms. The monoisotopic (exact) mass is 208 g/mol. The zero-order valence-electron chi connectivity index (χ0n) is 9.81. The molecular formula is C12H20N2O. The van der Waals surface area contributed by atoms with Gasteiger partial charge in [-0.1, -0.05) is 13.8 Å². The number of rotatable bonds is 2. The summed E-state index contributed by atoms with van der Waals surface area (Å²) >= 11 is 0. The second kappa shape index (κ2) is 4.25. The van der Waals surface area contributed by atoms with Gasteiger partial charge in [-0.25, -0.2) is 0 Å². The molecule has 1 aliphatic carbocycles. The molecule has 3 heteroatoms. The van der Waals surface area contributed by atoms with Gasteiger partial charge < -0.3 is 4.74 Å². The van der Waals surface area contributed by atoms with Crippen molar-refractivity contribution in [1.82, 2.24) is 9.78 Å². The highest BCUT2D eigenvalue weighted by Gasteiger charge is 2.25. The lowest BCUT2D eigenvalue weighted by atomic mass is 9.80. The van der Waals surface area contributed by atoms with Crippen molar-refractivity contribution in [3.63, 3.8) is 0 Å². The van der Waals surface area contributed by atoms with E-state index in [2.05, 4.69) is 18.9 Å². The molecule has 1 aliphatic rings. The summed E-state index contributed by atoms with van der Waals surface area (Å²) < 4.78 is 7.69. The van der Waals surface area contributed by atoms with Gasteiger partial charge in [0.05, 0.1) is 18.5 Å². The first-order chi connectivity index (χ1) is 7.15. The molecule has 1 aromatic rings. The van der Waals surface area contributed by atoms with Gasteiger partial charge in [0.25, 0.3) is 0 Å². The van der Waals surface area contributed by atoms with Crippen LogP contribution in [0.4, 0.5) is 0 Å². The molecule has 0 radical (unpaired) electrons. The summed E-state index contributed by atoms with van der Waals surface area (Å²) in [4.78, 5) is 0. The van der Waals surface area contributed by atoms with Crippen LogP contribution in [0.3, 0.4) is 0 Å². The van der Waals surface area contributed by atoms with Crippen LogP contribution in [-0.4, -0.2) is 15.9 Å². The standard InChI is InChI=1S/C12H20N2O/c1-9-4-5-11(6-10(9)2)15-12-7-13-14(3)8-12/h7-11H,4-6H2,1-3H3. The van der Waals surface area contributed by atoms with Gasteiger partial charge in [0.1, 0.15) is 0 Å². The molecule has 84 valence electrons. The molecule has 0 amide bonds. The number of aromatic nitrogens is 2. The molecule has 15 heavy (non-hydrogen) atoms. The first-order valence-corrected chi connectivity index (χ1v) is 5.80. The van der Waals surface area contributed by atoms with Crippen molar-refractivity contribution in [2.24, 2.45) is 18.9 Å². The predicted octanol–water partition coefficient (Wildman–Crippen LogP) is 2.62. The van der Waals surface area contributed by atoms with E-state index in [0.717, 1.165) is 17.6 Å². The molecule has 0 aliphatic heterocycles. The van der Waals surface area contributed by atoms with Crippen LogP contribution in [0.2, 0.25) is 0 Å². The Morgan fingerprint density at radius 2 is 2.13 bits per heavy atom. The third-order valence-electron chi connectivity index (χ3n) is 3.53. The zero-order chi connectivity index (χ0) is 10.8. The number of hydrogen-bond acceptors (Lipinski definition) is 2. The normalized spacial score (nSPS) is 31.5. The summed E-state index contributed by atoms with van der Waals surface area (Å²) in [5, 5.41) is 4.11. The maximum absolute atomic E-state index is 5.91. The molecule has 3 atom stereocenters. The fraction of sp³-hybridized carbons (Fsp3) is 0.750. The van der Waals surface area contributed by atoms with Gasteiger partial charge in [-0.15, -0.1) is 0 Å². The third kappa shape index (κ3) is 2.52. The Hall–Kier alpha value is -0.990. The van der Waals surface area contributed by atoms with Crippen molar-refractivity contribution in [2.45, 2.75) is 39.2 Å². The summed E-state index contributed by atoms with van der Waals surface area (Å²) in [7, 11) is 1.92. The molecule has 0 spiro atoms. The summed E-state index contributed by atoms with van der Waals surface area (Å²) in [5.74, 6) is 2.53. The molecule has 3 nitrogen and oxygen atoms in total. The Bertz CT molecular complexity index is 321. The Kier molecular flexibility index (Phi) is 2.98. The second-order valence-electron chi connectivity index (χ2n) is 4.86. The molecule has 2 rings (SSSR count). The molecule has 1 saturated carbocycles. The van der Waals surface area contributed by atoms with E-state index in [1.165, 1.54) is 19.3 Å². The maximum atomic E-state index is 5.91. The fourth-order valence-electron chi connectivity index (χ4n) is 2.26. The SMILES string of the molecule is CC1CCC(Oc2cnn(C)c2)CC1C. The molecule has 1 heterocycles. The average Bonchev–Trinajstić information content (AvgIpc) is 2.58. The van der Waals surface area contributed by atoms with E-state index in [9.17, 15) is 0 Å². The fourth-order valence-corrected chi connectivity index (χ4v) is 2.26. The number of hydrogen-bond donors (Lipinski definition) is 0. The van der Waals surface area contributed by atoms with Gasteiger partial charge in [0.15, 0.2) is 5.75 Å². The van der Waals surface area contributed by atoms with E-state index in [4.69, 9.17) is 4.74 Å². The number of ether oxygens (including phenoxy) is 1. The van der Waals surface area contributed by atoms with E-state index < -0.39 is 0 Å². The summed E-state index contributed by atoms with van der Waals surface area (Å²) in [5.41, 5.74) is 0. The Labute approximate surface area is 91.4 Å². The van der Waals surface area contributed by atoms with E-state index in [1.807, 2.05) is 13.2 Å². The van der Waals surface area contributed by atoms with E-state index >= 15 is 0 Å². The van der Waals surface area contributed by atoms with Crippen LogP contribution >= 0.6 is 0 Å². The predicted molar refractivity (Wildman–Crippen MR) is 59.8 cm³/mol. The van der Waals surface area contributed by atoms with Gasteiger partial charge in [0.2, 0.25) is 0 Å². The van der Waals surface area contributed by atoms with Crippen molar-refractivity contribution in [2.75, 3.05) is 0 Å². The smallest absolute Gasteiger partial charge is 0.157 e. The van der Waals surface area contributed by atoms with Crippen LogP contribution in [0.5, 0.6) is 5.75 Å². The van der Waals surface area contributed by atoms with Gasteiger partial charge in [-0.05, 0) is 31.1 Å². The summed E-state index contributed by atoms with van der Waals surface area (Å²) in [6.07, 6.45) is 7.76. The molecule has 3 unspecified atom stereocenters. The van der Waals surface area contributed by atoms with Crippen LogP contribution in [-0.2, 0) is 7.05 Å². The van der Waals surface area contributed by atoms with Crippen molar-refractivity contribution < 1.29 is 4.74 Å². The van der Waals surface area contributed by atoms with Gasteiger partial charge in [0, 0.05) is 7.05 Å². The molecule has 1 fully saturated rings. The highest BCUT2D eigenvalue weighted by Crippen LogP contribution is 2.31. The molecular weight excluding hydrogens is 188 g/mol. The van der Waals surface area contributed by atoms with E-state index in [0.29, 0.717) is 6.10 Å². The Morgan fingerprint density at radius 1 is 1.33 bits per heavy atom. The van der Waals surface area contributed by atoms with Crippen LogP contribution < -0.4 is 4.74 Å². The first kappa shape index (κ1) is 10.5. The molecule has 0 N–H and O–H groups in total. The maximum Gasteiger partial charge on any atom is 0.157 e. The molecule has 1 aromatic heterocycles. The van der Waals surface area contributed by atoms with Crippen LogP contribution in [0.25, 0.3) is 0 Å². The number of aryl methyl sites for hydroxylation is 1. The third-order valence-corrected chi connectivity index (χ3v) is 3.53. The summed E-state index contributed by atoms with van der Waals surface area (Å²) in [6.45, 7) is 4.66. The van der Waals surface area contributed by atoms with Crippen LogP contribution in [0.15, 0.2) is 12.4 Å². The minimum absolute atomic E-state index is 0.389. The minimum Gasteiger partial charge on any atom is -0.487 e. The van der Waals surface area contributed by atoms with Crippen LogP contribution in [0.1, 0.15) is 33.1 Å². The lowest BCUT2D eigenvalue weighted by Gasteiger charge is -2.31. The van der Waals surface area contributed by atoms with Crippen LogP contribution in [0, 0.1) is 11.8 Å². The highest BCUT2D eigenvalue weighted by atomic mass is 16.5. The van der Waals surface area contributed by atoms with Crippen molar-refractivity contribution >= 4 is 0 Å². The van der Waals surface area contributed by atoms with Gasteiger partial charge >= 0.3 is 0 Å². The van der Waals surface area contributed by atoms with Crippen molar-refractivity contribution in [1.29, 1.82) is 0 Å². The quantitative estimate of drug-likeness (QED) is 0.747. The van der Waals surface area contributed by atoms with Gasteiger partial charge in [-0.2, -0.15) is 5.10 Å². The van der Waals surface area contributed by atoms with E-state index in [-0.39, 0.29) is 0 Å². The topological polar surface area (TPSA) is 27.1 Å². The second-order valence-corrected chi connectivity index (χ2v) is 4.86. The average molecular weight is 208 g/mol. The highest BCUT2D eigenvalue weighted by molar-refractivity contribution is 5.12. The molecule has 0 saturated heterocycles. The molecule has 0 aromatic carbocycles. The first-order valence-electron chi connectivity index (χ1n) is 5.80. The van der Waals surface area contributed by atoms with Crippen molar-refractivity contribution in [3.8, 4) is 5.75 Å². The zero-order valence-corrected chi connectivity index (χ0v) is 9.81. The minimum atomic E-state index is 0.389. The number of nitrogens with zero attached hydrogens (tertiary/aromatic N) is 2. The summed E-state index contributed by atoms with van der Waals surface area (Å²) in [6, 6.07) is 0.